The summed E-state index contributed by atoms with van der Waals surface area (Å²) in [6.07, 6.45) is -57.5. The predicted octanol–water partition coefficient (Wildman–Crippen LogP) is -5.91. The molecule has 8 heterocycles. The highest BCUT2D eigenvalue weighted by Gasteiger charge is 2.71. The SMILES string of the molecule is CC(=O)O[C@@H]1[C@H](O[C@@H]2O[C@H](CO)[C@@H](O)[C@H](O)[C@H]2O)[C@@H](O[C@@H]2O[C@@H](C)[C@H](O[C@@H]3OC[C@@H](O)[C@H](O[C@@H]4OC[C@H](O)[C@H](O)[C@H]4O[C@@H]4OC[C@H](O)[C@H](O)[C@H]4O)[C@H]3O)[C@@H](O)[C@H]2O)[C@H](OC(=O)[C@]23CCC(C)(C)C[C@H]2C2=CC[C@@H]4[C@@]5(C)CC[C@H]([C@@H]6O[C@H](C(=O)O)[C@@H](O)[C@H](O)[C@H]6O[C@@H]6O[C@H](CO)[C@H](O)[C@H](O)[C@H]6O)C(C)(C)C5=CC[C@@]4(C)[C@]2(C)CC3)O[C@@H]1C. The normalized spacial score (nSPS) is 52.8. The number of ether oxygens (including phenoxy) is 16. The summed E-state index contributed by atoms with van der Waals surface area (Å²) in [5.74, 6) is -4.40. The molecule has 13 aliphatic rings. The molecule has 0 aromatic rings. The van der Waals surface area contributed by atoms with Crippen LogP contribution in [0.25, 0.3) is 0 Å². The molecule has 8 aliphatic heterocycles. The van der Waals surface area contributed by atoms with Crippen molar-refractivity contribution in [1.29, 1.82) is 0 Å². The largest absolute Gasteiger partial charge is 0.479 e. The van der Waals surface area contributed by atoms with E-state index in [1.54, 1.807) is 0 Å². The average Bonchev–Trinajstić information content (AvgIpc) is 0.672. The van der Waals surface area contributed by atoms with Gasteiger partial charge in [0.2, 0.25) is 6.29 Å². The van der Waals surface area contributed by atoms with Crippen LogP contribution in [-0.4, -0.2) is 380 Å². The van der Waals surface area contributed by atoms with Crippen molar-refractivity contribution >= 4 is 17.9 Å². The summed E-state index contributed by atoms with van der Waals surface area (Å²) in [7, 11) is 0. The summed E-state index contributed by atoms with van der Waals surface area (Å²) in [4.78, 5) is 42.3. The van der Waals surface area contributed by atoms with Crippen LogP contribution in [0.4, 0.5) is 0 Å². The topological polar surface area (TPSA) is 603 Å². The zero-order valence-electron chi connectivity index (χ0n) is 66.3. The third-order valence-electron chi connectivity index (χ3n) is 28.5. The van der Waals surface area contributed by atoms with E-state index in [1.165, 1.54) is 13.8 Å². The maximum absolute atomic E-state index is 16.3. The number of hydrogen-bond acceptors (Lipinski definition) is 38. The lowest BCUT2D eigenvalue weighted by atomic mass is 9.35. The number of allylic oxidation sites excluding steroid dienone is 4. The second-order valence-corrected chi connectivity index (χ2v) is 36.4. The fourth-order valence-electron chi connectivity index (χ4n) is 21.6. The van der Waals surface area contributed by atoms with Crippen molar-refractivity contribution in [3.05, 3.63) is 23.3 Å². The van der Waals surface area contributed by atoms with Crippen molar-refractivity contribution in [2.24, 2.45) is 50.2 Å². The Labute approximate surface area is 668 Å². The van der Waals surface area contributed by atoms with E-state index in [2.05, 4.69) is 46.8 Å². The van der Waals surface area contributed by atoms with E-state index in [1.807, 2.05) is 13.8 Å². The molecular formula is C77H120O39. The Bertz CT molecular complexity index is 3490. The summed E-state index contributed by atoms with van der Waals surface area (Å²) in [5, 5.41) is 220. The lowest BCUT2D eigenvalue weighted by Gasteiger charge is -2.69. The first-order valence-electron chi connectivity index (χ1n) is 40.3. The summed E-state index contributed by atoms with van der Waals surface area (Å²) in [5.41, 5.74) is -2.13. The maximum atomic E-state index is 16.3. The molecule has 39 heteroatoms. The molecule has 0 radical (unpaired) electrons. The molecule has 0 amide bonds. The van der Waals surface area contributed by atoms with Crippen LogP contribution in [0.1, 0.15) is 127 Å². The Kier molecular flexibility index (Phi) is 26.7. The lowest BCUT2D eigenvalue weighted by Crippen LogP contribution is -2.68. The molecule has 5 aliphatic carbocycles. The molecular weight excluding hydrogens is 1550 g/mol. The van der Waals surface area contributed by atoms with Gasteiger partial charge in [-0.05, 0) is 116 Å². The van der Waals surface area contributed by atoms with E-state index in [-0.39, 0.29) is 17.8 Å². The van der Waals surface area contributed by atoms with E-state index < -0.39 is 317 Å². The fraction of sp³-hybridized carbons (Fsp3) is 0.909. The van der Waals surface area contributed by atoms with Gasteiger partial charge in [0, 0.05) is 6.92 Å². The molecule has 44 atom stereocenters. The van der Waals surface area contributed by atoms with Crippen LogP contribution in [0.5, 0.6) is 0 Å². The second kappa shape index (κ2) is 34.2. The molecule has 0 spiro atoms. The van der Waals surface area contributed by atoms with Crippen LogP contribution >= 0.6 is 0 Å². The van der Waals surface area contributed by atoms with Gasteiger partial charge in [-0.1, -0.05) is 71.8 Å². The molecule has 13 rings (SSSR count). The van der Waals surface area contributed by atoms with Crippen molar-refractivity contribution in [3.63, 3.8) is 0 Å². The monoisotopic (exact) mass is 1670 g/mol. The molecule has 0 bridgehead atoms. The molecule has 3 saturated carbocycles. The van der Waals surface area contributed by atoms with Crippen LogP contribution in [0.2, 0.25) is 0 Å². The quantitative estimate of drug-likeness (QED) is 0.0423. The zero-order chi connectivity index (χ0) is 84.6. The van der Waals surface area contributed by atoms with Crippen LogP contribution in [-0.2, 0) is 90.2 Å². The Hall–Kier alpha value is -3.43. The standard InChI is InChI=1S/C77H120O39/c1-27-54(110-65-53(97)57(35(83)26-102-65)111-69-60(41(85)34(82)25-103-69)113-64-49(93)40(84)33(81)24-101-64)48(92)52(96)66(104-27)115-62-61(114-68-51(95)45(89)43(87)37(23-79)108-68)55(106-29(3)80)28(2)105-70(62)116-71(100)77-19-17-72(4,5)21-32(77)30-11-12-39-74(8)15-13-31(73(6,7)38(74)14-16-76(39,10)75(30,9)18-20-77)56-58(46(90)47(91)59(109-56)63(98)99)112-67-50(94)44(88)42(86)36(22-78)107-67/h11,14,27-28,31-37,39-62,64-70,78-79,81-97H,12-13,15-26H2,1-10H3,(H,98,99)/t27-,28+,31+,32-,33-,34-,35+,36+,37+,39+,40-,41-,42-,43+,44-,45-,46-,47-,48-,49+,50+,51+,52+,53+,54-,55-,56-,57-,58+,59-,60+,61-,62+,64-,65-,66-,67-,68-,69-,70-,74-,75+,76+,77-/m0/s1. The molecule has 20 N–H and O–H groups in total. The molecule has 0 unspecified atom stereocenters. The molecule has 8 saturated heterocycles. The Morgan fingerprint density at radius 2 is 0.957 bits per heavy atom. The van der Waals surface area contributed by atoms with E-state index in [9.17, 15) is 112 Å². The van der Waals surface area contributed by atoms with Crippen LogP contribution in [0, 0.1) is 50.2 Å². The number of esters is 2. The molecule has 116 heavy (non-hydrogen) atoms. The Balaban J connectivity index is 0.769. The van der Waals surface area contributed by atoms with Gasteiger partial charge in [-0.25, -0.2) is 4.79 Å². The maximum Gasteiger partial charge on any atom is 0.335 e. The number of aliphatic carboxylic acids is 1. The van der Waals surface area contributed by atoms with Crippen molar-refractivity contribution < 1.29 is 192 Å². The molecule has 0 aromatic heterocycles. The molecule has 11 fully saturated rings. The fourth-order valence-corrected chi connectivity index (χ4v) is 21.6. The van der Waals surface area contributed by atoms with Crippen LogP contribution in [0.15, 0.2) is 23.3 Å². The number of carbonyl (C=O) groups excluding carboxylic acids is 2. The molecule has 0 aromatic carbocycles. The number of aliphatic hydroxyl groups excluding tert-OH is 19. The first kappa shape index (κ1) is 90.3. The number of carboxylic acids is 1. The highest BCUT2D eigenvalue weighted by molar-refractivity contribution is 5.79. The number of rotatable bonds is 19. The van der Waals surface area contributed by atoms with Crippen LogP contribution < -0.4 is 0 Å². The van der Waals surface area contributed by atoms with Crippen molar-refractivity contribution in [2.45, 2.75) is 354 Å². The minimum atomic E-state index is -2.19. The first-order chi connectivity index (χ1) is 54.4. The lowest BCUT2D eigenvalue weighted by molar-refractivity contribution is -0.394. The van der Waals surface area contributed by atoms with E-state index >= 15 is 4.79 Å². The number of aliphatic hydroxyl groups is 19. The second-order valence-electron chi connectivity index (χ2n) is 36.4. The van der Waals surface area contributed by atoms with Crippen LogP contribution in [0.3, 0.4) is 0 Å². The van der Waals surface area contributed by atoms with Gasteiger partial charge in [-0.2, -0.15) is 0 Å². The van der Waals surface area contributed by atoms with Gasteiger partial charge < -0.3 is 178 Å². The summed E-state index contributed by atoms with van der Waals surface area (Å²) >= 11 is 0. The predicted molar refractivity (Wildman–Crippen MR) is 381 cm³/mol. The smallest absolute Gasteiger partial charge is 0.335 e. The highest BCUT2D eigenvalue weighted by Crippen LogP contribution is 2.76. The van der Waals surface area contributed by atoms with Gasteiger partial charge >= 0.3 is 17.9 Å². The zero-order valence-corrected chi connectivity index (χ0v) is 66.3. The third-order valence-corrected chi connectivity index (χ3v) is 28.5. The van der Waals surface area contributed by atoms with Crippen molar-refractivity contribution in [2.75, 3.05) is 33.0 Å². The number of carbonyl (C=O) groups is 3. The molecule has 662 valence electrons. The highest BCUT2D eigenvalue weighted by atomic mass is 16.8. The van der Waals surface area contributed by atoms with E-state index in [0.717, 1.165) is 18.1 Å². The van der Waals surface area contributed by atoms with E-state index in [0.29, 0.717) is 51.4 Å². The van der Waals surface area contributed by atoms with Crippen molar-refractivity contribution in [3.8, 4) is 0 Å². The number of carboxylic acid groups (broad SMARTS) is 1. The minimum absolute atomic E-state index is 0.0662. The Morgan fingerprint density at radius 3 is 1.57 bits per heavy atom. The number of fused-ring (bicyclic) bond motifs is 7. The van der Waals surface area contributed by atoms with Gasteiger partial charge in [-0.15, -0.1) is 0 Å². The van der Waals surface area contributed by atoms with Gasteiger partial charge in [0.1, 0.15) is 146 Å². The minimum Gasteiger partial charge on any atom is -0.479 e. The van der Waals surface area contributed by atoms with Gasteiger partial charge in [0.15, 0.2) is 56.1 Å². The Morgan fingerprint density at radius 1 is 0.457 bits per heavy atom. The van der Waals surface area contributed by atoms with E-state index in [4.69, 9.17) is 75.8 Å². The van der Waals surface area contributed by atoms with Gasteiger partial charge in [0.25, 0.3) is 0 Å². The van der Waals surface area contributed by atoms with Gasteiger partial charge in [0.05, 0.1) is 56.8 Å². The first-order valence-corrected chi connectivity index (χ1v) is 40.3. The summed E-state index contributed by atoms with van der Waals surface area (Å²) < 4.78 is 97.3. The van der Waals surface area contributed by atoms with Gasteiger partial charge in [-0.3, -0.25) is 9.59 Å². The van der Waals surface area contributed by atoms with Crippen molar-refractivity contribution in [1.82, 2.24) is 0 Å². The third kappa shape index (κ3) is 15.9. The summed E-state index contributed by atoms with van der Waals surface area (Å²) in [6, 6.07) is 0. The summed E-state index contributed by atoms with van der Waals surface area (Å²) in [6.45, 7) is 15.5. The molecule has 39 nitrogen and oxygen atoms in total. The average molecular weight is 1670 g/mol. The number of hydrogen-bond donors (Lipinski definition) is 20.